The molecule has 0 unspecified atom stereocenters. The van der Waals surface area contributed by atoms with Crippen molar-refractivity contribution in [3.8, 4) is 5.75 Å². The Balaban J connectivity index is 1.42. The van der Waals surface area contributed by atoms with Crippen LogP contribution in [0.15, 0.2) is 102 Å². The predicted molar refractivity (Wildman–Crippen MR) is 146 cm³/mol. The molecule has 5 rings (SSSR count). The number of carbonyl (C=O) groups excluding carboxylic acids is 2. The molecule has 4 aromatic rings. The van der Waals surface area contributed by atoms with Crippen LogP contribution in [-0.4, -0.2) is 41.3 Å². The lowest BCUT2D eigenvalue weighted by atomic mass is 9.87. The standard InChI is InChI=1S/C32H32N2O4/c1-3-28(31(35)33(2)22-23-11-6-4-7-12-23)38-26-17-16-24-18-19-34(32(36)29-15-10-20-37-29)30(27(24)21-26)25-13-8-5-9-14-25/h4-17,20-21,28,30H,3,18-19,22H2,1-2H3/t28-,30+/m0/s1. The van der Waals surface area contributed by atoms with E-state index in [-0.39, 0.29) is 17.9 Å². The van der Waals surface area contributed by atoms with E-state index in [1.165, 1.54) is 6.26 Å². The van der Waals surface area contributed by atoms with Crippen LogP contribution < -0.4 is 4.74 Å². The molecule has 0 saturated heterocycles. The first-order chi connectivity index (χ1) is 18.5. The van der Waals surface area contributed by atoms with Crippen molar-refractivity contribution in [3.63, 3.8) is 0 Å². The minimum absolute atomic E-state index is 0.0664. The molecular weight excluding hydrogens is 476 g/mol. The molecule has 0 bridgehead atoms. The monoisotopic (exact) mass is 508 g/mol. The fraction of sp³-hybridized carbons (Fsp3) is 0.250. The van der Waals surface area contributed by atoms with Crippen molar-refractivity contribution in [2.75, 3.05) is 13.6 Å². The third-order valence-electron chi connectivity index (χ3n) is 7.02. The first-order valence-electron chi connectivity index (χ1n) is 13.0. The largest absolute Gasteiger partial charge is 0.481 e. The summed E-state index contributed by atoms with van der Waals surface area (Å²) in [7, 11) is 1.80. The highest BCUT2D eigenvalue weighted by Gasteiger charge is 2.34. The van der Waals surface area contributed by atoms with Crippen molar-refractivity contribution >= 4 is 11.8 Å². The summed E-state index contributed by atoms with van der Waals surface area (Å²) in [6, 6.07) is 29.0. The Kier molecular flexibility index (Phi) is 7.59. The molecule has 6 heteroatoms. The summed E-state index contributed by atoms with van der Waals surface area (Å²) >= 11 is 0. The molecule has 0 fully saturated rings. The van der Waals surface area contributed by atoms with Crippen molar-refractivity contribution in [2.24, 2.45) is 0 Å². The maximum Gasteiger partial charge on any atom is 0.290 e. The van der Waals surface area contributed by atoms with Crippen LogP contribution in [0, 0.1) is 0 Å². The minimum atomic E-state index is -0.610. The molecule has 38 heavy (non-hydrogen) atoms. The Morgan fingerprint density at radius 1 is 1.00 bits per heavy atom. The molecule has 3 aromatic carbocycles. The highest BCUT2D eigenvalue weighted by molar-refractivity contribution is 5.92. The van der Waals surface area contributed by atoms with Gasteiger partial charge in [-0.3, -0.25) is 9.59 Å². The van der Waals surface area contributed by atoms with Gasteiger partial charge in [-0.1, -0.05) is 73.7 Å². The van der Waals surface area contributed by atoms with E-state index < -0.39 is 6.10 Å². The number of ether oxygens (including phenoxy) is 1. The quantitative estimate of drug-likeness (QED) is 0.298. The Bertz CT molecular complexity index is 1370. The van der Waals surface area contributed by atoms with E-state index in [1.54, 1.807) is 24.1 Å². The SMILES string of the molecule is CC[C@H](Oc1ccc2c(c1)[C@@H](c1ccccc1)N(C(=O)c1ccco1)CC2)C(=O)N(C)Cc1ccccc1. The number of likely N-dealkylation sites (N-methyl/N-ethyl adjacent to an activating group) is 1. The van der Waals surface area contributed by atoms with Crippen molar-refractivity contribution in [1.29, 1.82) is 0 Å². The maximum atomic E-state index is 13.4. The number of nitrogens with zero attached hydrogens (tertiary/aromatic N) is 2. The second-order valence-corrected chi connectivity index (χ2v) is 9.59. The van der Waals surface area contributed by atoms with Crippen molar-refractivity contribution < 1.29 is 18.7 Å². The summed E-state index contributed by atoms with van der Waals surface area (Å²) in [6.07, 6.45) is 2.17. The first kappa shape index (κ1) is 25.3. The summed E-state index contributed by atoms with van der Waals surface area (Å²) in [6.45, 7) is 3.05. The highest BCUT2D eigenvalue weighted by atomic mass is 16.5. The molecule has 0 radical (unpaired) electrons. The van der Waals surface area contributed by atoms with Crippen LogP contribution in [0.1, 0.15) is 52.2 Å². The van der Waals surface area contributed by atoms with Gasteiger partial charge in [-0.15, -0.1) is 0 Å². The van der Waals surface area contributed by atoms with Gasteiger partial charge in [0.2, 0.25) is 0 Å². The first-order valence-corrected chi connectivity index (χ1v) is 13.0. The summed E-state index contributed by atoms with van der Waals surface area (Å²) in [4.78, 5) is 30.3. The van der Waals surface area contributed by atoms with Gasteiger partial charge < -0.3 is 19.0 Å². The van der Waals surface area contributed by atoms with Gasteiger partial charge in [0, 0.05) is 20.1 Å². The van der Waals surface area contributed by atoms with Crippen LogP contribution in [0.25, 0.3) is 0 Å². The van der Waals surface area contributed by atoms with Crippen molar-refractivity contribution in [1.82, 2.24) is 9.80 Å². The number of hydrogen-bond acceptors (Lipinski definition) is 4. The Morgan fingerprint density at radius 3 is 2.42 bits per heavy atom. The number of benzene rings is 3. The van der Waals surface area contributed by atoms with Gasteiger partial charge in [-0.05, 0) is 59.4 Å². The smallest absolute Gasteiger partial charge is 0.290 e. The Hall–Kier alpha value is -4.32. The number of hydrogen-bond donors (Lipinski definition) is 0. The van der Waals surface area contributed by atoms with Crippen LogP contribution in [0.2, 0.25) is 0 Å². The number of carbonyl (C=O) groups is 2. The van der Waals surface area contributed by atoms with Crippen LogP contribution in [0.5, 0.6) is 5.75 Å². The van der Waals surface area contributed by atoms with Gasteiger partial charge in [-0.2, -0.15) is 0 Å². The van der Waals surface area contributed by atoms with Gasteiger partial charge in [-0.25, -0.2) is 0 Å². The van der Waals surface area contributed by atoms with E-state index in [0.717, 1.165) is 28.7 Å². The number of amides is 2. The number of furan rings is 1. The third-order valence-corrected chi connectivity index (χ3v) is 7.02. The zero-order chi connectivity index (χ0) is 26.5. The molecule has 0 spiro atoms. The predicted octanol–water partition coefficient (Wildman–Crippen LogP) is 5.88. The normalized spacial score (nSPS) is 15.4. The van der Waals surface area contributed by atoms with E-state index in [2.05, 4.69) is 6.07 Å². The van der Waals surface area contributed by atoms with E-state index in [9.17, 15) is 9.59 Å². The number of rotatable bonds is 8. The molecule has 1 aliphatic rings. The van der Waals surface area contributed by atoms with Crippen molar-refractivity contribution in [3.05, 3.63) is 125 Å². The van der Waals surface area contributed by atoms with Crippen molar-refractivity contribution in [2.45, 2.75) is 38.5 Å². The maximum absolute atomic E-state index is 13.4. The molecule has 2 atom stereocenters. The fourth-order valence-electron chi connectivity index (χ4n) is 5.08. The summed E-state index contributed by atoms with van der Waals surface area (Å²) in [5.74, 6) is 0.721. The second-order valence-electron chi connectivity index (χ2n) is 9.59. The van der Waals surface area contributed by atoms with Gasteiger partial charge in [0.15, 0.2) is 11.9 Å². The zero-order valence-electron chi connectivity index (χ0n) is 21.7. The van der Waals surface area contributed by atoms with E-state index in [1.807, 2.05) is 84.6 Å². The third kappa shape index (κ3) is 5.35. The minimum Gasteiger partial charge on any atom is -0.481 e. The molecular formula is C32H32N2O4. The molecule has 6 nitrogen and oxygen atoms in total. The molecule has 0 aliphatic carbocycles. The van der Waals surface area contributed by atoms with Gasteiger partial charge in [0.05, 0.1) is 12.3 Å². The summed E-state index contributed by atoms with van der Waals surface area (Å²) < 4.78 is 11.7. The summed E-state index contributed by atoms with van der Waals surface area (Å²) in [5, 5.41) is 0. The van der Waals surface area contributed by atoms with E-state index >= 15 is 0 Å². The van der Waals surface area contributed by atoms with Gasteiger partial charge >= 0.3 is 0 Å². The molecule has 194 valence electrons. The Labute approximate surface area is 223 Å². The Morgan fingerprint density at radius 2 is 1.74 bits per heavy atom. The lowest BCUT2D eigenvalue weighted by Gasteiger charge is -2.37. The lowest BCUT2D eigenvalue weighted by molar-refractivity contribution is -0.138. The van der Waals surface area contributed by atoms with Crippen LogP contribution in [-0.2, 0) is 17.8 Å². The average Bonchev–Trinajstić information content (AvgIpc) is 3.50. The highest BCUT2D eigenvalue weighted by Crippen LogP contribution is 2.38. The number of fused-ring (bicyclic) bond motifs is 1. The molecule has 0 N–H and O–H groups in total. The average molecular weight is 509 g/mol. The molecule has 1 aromatic heterocycles. The topological polar surface area (TPSA) is 63.0 Å². The van der Waals surface area contributed by atoms with Crippen LogP contribution in [0.4, 0.5) is 0 Å². The van der Waals surface area contributed by atoms with E-state index in [4.69, 9.17) is 9.15 Å². The lowest BCUT2D eigenvalue weighted by Crippen LogP contribution is -2.41. The molecule has 0 saturated carbocycles. The van der Waals surface area contributed by atoms with Gasteiger partial charge in [0.25, 0.3) is 11.8 Å². The van der Waals surface area contributed by atoms with E-state index in [0.29, 0.717) is 31.0 Å². The molecule has 2 heterocycles. The van der Waals surface area contributed by atoms with Gasteiger partial charge in [0.1, 0.15) is 5.75 Å². The van der Waals surface area contributed by atoms with Crippen LogP contribution in [0.3, 0.4) is 0 Å². The second kappa shape index (κ2) is 11.4. The zero-order valence-corrected chi connectivity index (χ0v) is 21.7. The molecule has 2 amide bonds. The molecule has 1 aliphatic heterocycles. The van der Waals surface area contributed by atoms with Crippen LogP contribution >= 0.6 is 0 Å². The fourth-order valence-corrected chi connectivity index (χ4v) is 5.08. The summed E-state index contributed by atoms with van der Waals surface area (Å²) in [5.41, 5.74) is 4.24.